The molecular weight excluding hydrogens is 426 g/mol. The second-order valence-electron chi connectivity index (χ2n) is 9.54. The number of para-hydroxylation sites is 1. The monoisotopic (exact) mass is 461 g/mol. The molecule has 7 nitrogen and oxygen atoms in total. The van der Waals surface area contributed by atoms with Gasteiger partial charge in [-0.05, 0) is 36.8 Å². The highest BCUT2D eigenvalue weighted by atomic mass is 16.2. The second-order valence-corrected chi connectivity index (χ2v) is 9.54. The summed E-state index contributed by atoms with van der Waals surface area (Å²) in [4.78, 5) is 28.5. The van der Waals surface area contributed by atoms with E-state index >= 15 is 0 Å². The van der Waals surface area contributed by atoms with Crippen molar-refractivity contribution in [3.8, 4) is 0 Å². The van der Waals surface area contributed by atoms with Crippen LogP contribution in [0.1, 0.15) is 63.3 Å². The van der Waals surface area contributed by atoms with E-state index in [4.69, 9.17) is 0 Å². The van der Waals surface area contributed by atoms with Crippen molar-refractivity contribution in [3.63, 3.8) is 0 Å². The third-order valence-electron chi connectivity index (χ3n) is 6.41. The molecule has 7 heteroatoms. The first-order chi connectivity index (χ1) is 16.5. The maximum atomic E-state index is 13.6. The van der Waals surface area contributed by atoms with E-state index in [1.165, 1.54) is 0 Å². The fraction of sp³-hybridized carbons (Fsp3) is 0.444. The van der Waals surface area contributed by atoms with Crippen molar-refractivity contribution in [1.29, 1.82) is 0 Å². The average Bonchev–Trinajstić information content (AvgIpc) is 3.07. The van der Waals surface area contributed by atoms with Gasteiger partial charge >= 0.3 is 6.03 Å². The van der Waals surface area contributed by atoms with Gasteiger partial charge in [-0.1, -0.05) is 75.2 Å². The fourth-order valence-electron chi connectivity index (χ4n) is 4.62. The van der Waals surface area contributed by atoms with Gasteiger partial charge in [-0.15, -0.1) is 0 Å². The zero-order valence-electron chi connectivity index (χ0n) is 20.1. The number of aromatic nitrogens is 2. The van der Waals surface area contributed by atoms with Gasteiger partial charge < -0.3 is 15.5 Å². The minimum Gasteiger partial charge on any atom is -0.342 e. The predicted octanol–water partition coefficient (Wildman–Crippen LogP) is 4.77. The van der Waals surface area contributed by atoms with E-state index in [1.807, 2.05) is 59.5 Å². The molecule has 1 unspecified atom stereocenters. The molecule has 1 aromatic heterocycles. The van der Waals surface area contributed by atoms with Gasteiger partial charge in [0.1, 0.15) is 6.04 Å². The molecule has 34 heavy (non-hydrogen) atoms. The molecule has 1 aliphatic rings. The molecule has 1 aliphatic heterocycles. The molecule has 3 aromatic rings. The van der Waals surface area contributed by atoms with Gasteiger partial charge in [0.25, 0.3) is 0 Å². The van der Waals surface area contributed by atoms with E-state index in [0.717, 1.165) is 60.9 Å². The summed E-state index contributed by atoms with van der Waals surface area (Å²) in [6.07, 6.45) is 4.88. The maximum Gasteiger partial charge on any atom is 0.318 e. The van der Waals surface area contributed by atoms with Gasteiger partial charge in [0.2, 0.25) is 5.91 Å². The van der Waals surface area contributed by atoms with E-state index in [2.05, 4.69) is 34.7 Å². The Balaban J connectivity index is 1.58. The van der Waals surface area contributed by atoms with Crippen LogP contribution in [0.2, 0.25) is 0 Å². The van der Waals surface area contributed by atoms with Crippen molar-refractivity contribution >= 4 is 22.8 Å². The number of benzene rings is 2. The molecule has 1 saturated heterocycles. The molecule has 180 valence electrons. The molecule has 2 aromatic carbocycles. The summed E-state index contributed by atoms with van der Waals surface area (Å²) in [5.74, 6) is 0.0550. The predicted molar refractivity (Wildman–Crippen MR) is 134 cm³/mol. The highest BCUT2D eigenvalue weighted by Crippen LogP contribution is 2.27. The largest absolute Gasteiger partial charge is 0.342 e. The summed E-state index contributed by atoms with van der Waals surface area (Å²) in [5.41, 5.74) is 2.62. The molecule has 4 rings (SSSR count). The molecule has 2 heterocycles. The number of fused-ring (bicyclic) bond motifs is 1. The zero-order chi connectivity index (χ0) is 23.9. The first kappa shape index (κ1) is 23.8. The Labute approximate surface area is 201 Å². The van der Waals surface area contributed by atoms with E-state index < -0.39 is 12.1 Å². The number of urea groups is 1. The summed E-state index contributed by atoms with van der Waals surface area (Å²) < 4.78 is 0. The summed E-state index contributed by atoms with van der Waals surface area (Å²) in [6, 6.07) is 16.5. The number of H-pyrrole nitrogens is 1. The van der Waals surface area contributed by atoms with Crippen LogP contribution in [0.5, 0.6) is 0 Å². The topological polar surface area (TPSA) is 90.1 Å². The average molecular weight is 462 g/mol. The van der Waals surface area contributed by atoms with Crippen molar-refractivity contribution in [2.75, 3.05) is 13.1 Å². The lowest BCUT2D eigenvalue weighted by atomic mass is 9.98. The lowest BCUT2D eigenvalue weighted by molar-refractivity contribution is -0.123. The van der Waals surface area contributed by atoms with Crippen molar-refractivity contribution in [2.45, 2.75) is 58.0 Å². The number of hydrogen-bond acceptors (Lipinski definition) is 3. The molecule has 0 radical (unpaired) electrons. The summed E-state index contributed by atoms with van der Waals surface area (Å²) in [7, 11) is 0. The van der Waals surface area contributed by atoms with Crippen LogP contribution in [0.25, 0.3) is 10.9 Å². The third-order valence-corrected chi connectivity index (χ3v) is 6.41. The molecule has 0 spiro atoms. The van der Waals surface area contributed by atoms with Crippen LogP contribution in [-0.4, -0.2) is 46.2 Å². The van der Waals surface area contributed by atoms with Crippen molar-refractivity contribution < 1.29 is 9.59 Å². The van der Waals surface area contributed by atoms with E-state index in [0.29, 0.717) is 6.42 Å². The van der Waals surface area contributed by atoms with Gasteiger partial charge in [-0.2, -0.15) is 5.10 Å². The number of rotatable bonds is 7. The maximum absolute atomic E-state index is 13.6. The standard InChI is InChI=1S/C27H35N5O2/c1-19(2)18-23(28-27(34)32-16-10-3-4-11-17-32)26(33)29-24(20-12-6-5-7-13-20)25-21-14-8-9-15-22(21)30-31-25/h5-9,12-15,19,23-24H,3-4,10-11,16-18H2,1-2H3,(H,28,34)(H,29,33)(H,30,31)/t23-,24?/m0/s1. The van der Waals surface area contributed by atoms with Crippen LogP contribution in [-0.2, 0) is 4.79 Å². The molecule has 3 N–H and O–H groups in total. The number of carbonyl (C=O) groups is 2. The number of aromatic amines is 1. The normalized spacial score (nSPS) is 16.1. The zero-order valence-corrected chi connectivity index (χ0v) is 20.1. The Hall–Kier alpha value is -3.35. The number of likely N-dealkylation sites (tertiary alicyclic amines) is 1. The summed E-state index contributed by atoms with van der Waals surface area (Å²) >= 11 is 0. The molecule has 1 fully saturated rings. The highest BCUT2D eigenvalue weighted by molar-refractivity contribution is 5.88. The number of amides is 3. The highest BCUT2D eigenvalue weighted by Gasteiger charge is 2.29. The van der Waals surface area contributed by atoms with Crippen LogP contribution >= 0.6 is 0 Å². The Morgan fingerprint density at radius 2 is 1.62 bits per heavy atom. The number of nitrogens with one attached hydrogen (secondary N) is 3. The number of carbonyl (C=O) groups excluding carboxylic acids is 2. The van der Waals surface area contributed by atoms with Gasteiger partial charge in [-0.25, -0.2) is 4.79 Å². The van der Waals surface area contributed by atoms with E-state index in [1.54, 1.807) is 0 Å². The van der Waals surface area contributed by atoms with Gasteiger partial charge in [0, 0.05) is 18.5 Å². The quantitative estimate of drug-likeness (QED) is 0.473. The molecule has 0 aliphatic carbocycles. The summed E-state index contributed by atoms with van der Waals surface area (Å²) in [5, 5.41) is 14.8. The Morgan fingerprint density at radius 3 is 2.32 bits per heavy atom. The first-order valence-electron chi connectivity index (χ1n) is 12.4. The molecular formula is C27H35N5O2. The first-order valence-corrected chi connectivity index (χ1v) is 12.4. The van der Waals surface area contributed by atoms with E-state index in [9.17, 15) is 9.59 Å². The smallest absolute Gasteiger partial charge is 0.318 e. The SMILES string of the molecule is CC(C)C[C@H](NC(=O)N1CCCCCC1)C(=O)NC(c1ccccc1)c1n[nH]c2ccccc12. The minimum atomic E-state index is -0.618. The number of nitrogens with zero attached hydrogens (tertiary/aromatic N) is 2. The van der Waals surface area contributed by atoms with Crippen molar-refractivity contribution in [3.05, 3.63) is 65.9 Å². The summed E-state index contributed by atoms with van der Waals surface area (Å²) in [6.45, 7) is 5.62. The minimum absolute atomic E-state index is 0.149. The molecule has 3 amide bonds. The van der Waals surface area contributed by atoms with Gasteiger partial charge in [0.05, 0.1) is 17.3 Å². The lowest BCUT2D eigenvalue weighted by Gasteiger charge is -2.27. The fourth-order valence-corrected chi connectivity index (χ4v) is 4.62. The van der Waals surface area contributed by atoms with Crippen LogP contribution in [0.15, 0.2) is 54.6 Å². The van der Waals surface area contributed by atoms with Crippen LogP contribution in [0.3, 0.4) is 0 Å². The van der Waals surface area contributed by atoms with Crippen LogP contribution in [0, 0.1) is 5.92 Å². The molecule has 2 atom stereocenters. The molecule has 0 bridgehead atoms. The Bertz CT molecular complexity index is 1090. The van der Waals surface area contributed by atoms with Gasteiger partial charge in [0.15, 0.2) is 0 Å². The molecule has 0 saturated carbocycles. The van der Waals surface area contributed by atoms with Gasteiger partial charge in [-0.3, -0.25) is 9.89 Å². The second kappa shape index (κ2) is 11.2. The lowest BCUT2D eigenvalue weighted by Crippen LogP contribution is -2.52. The van der Waals surface area contributed by atoms with Crippen molar-refractivity contribution in [1.82, 2.24) is 25.7 Å². The number of hydrogen-bond donors (Lipinski definition) is 3. The van der Waals surface area contributed by atoms with E-state index in [-0.39, 0.29) is 17.9 Å². The Morgan fingerprint density at radius 1 is 0.941 bits per heavy atom. The van der Waals surface area contributed by atoms with Crippen molar-refractivity contribution in [2.24, 2.45) is 5.92 Å². The third kappa shape index (κ3) is 5.76. The van der Waals surface area contributed by atoms with Crippen LogP contribution in [0.4, 0.5) is 4.79 Å². The van der Waals surface area contributed by atoms with Crippen LogP contribution < -0.4 is 10.6 Å². The Kier molecular flexibility index (Phi) is 7.83.